The van der Waals surface area contributed by atoms with Crippen molar-refractivity contribution in [1.29, 1.82) is 0 Å². The number of aryl methyl sites for hydroxylation is 1. The molecule has 238 valence electrons. The number of hydrogen-bond donors (Lipinski definition) is 4. The van der Waals surface area contributed by atoms with Gasteiger partial charge in [0.15, 0.2) is 0 Å². The van der Waals surface area contributed by atoms with Crippen LogP contribution in [0.2, 0.25) is 0 Å². The summed E-state index contributed by atoms with van der Waals surface area (Å²) in [6, 6.07) is 22.9. The maximum Gasteiger partial charge on any atom is 0.248 e. The number of aliphatic hydroxyl groups is 1. The number of hydrogen-bond acceptors (Lipinski definition) is 6. The van der Waals surface area contributed by atoms with Gasteiger partial charge in [-0.15, -0.1) is 0 Å². The van der Waals surface area contributed by atoms with E-state index in [4.69, 9.17) is 4.74 Å². The topological polar surface area (TPSA) is 115 Å². The van der Waals surface area contributed by atoms with E-state index in [2.05, 4.69) is 53.6 Å². The first kappa shape index (κ1) is 32.3. The lowest BCUT2D eigenvalue weighted by atomic mass is 9.74. The van der Waals surface area contributed by atoms with E-state index in [1.165, 1.54) is 17.7 Å². The number of nitrogens with zero attached hydrogens (tertiary/aromatic N) is 1. The summed E-state index contributed by atoms with van der Waals surface area (Å²) in [6.45, 7) is 7.66. The number of fused-ring (bicyclic) bond motifs is 1. The zero-order valence-electron chi connectivity index (χ0n) is 26.4. The number of unbranched alkanes of at least 4 members (excludes halogenated alkanes) is 2. The van der Waals surface area contributed by atoms with Crippen LogP contribution in [0.4, 0.5) is 0 Å². The number of phenolic OH excluding ortho intramolecular Hbond substituents is 1. The normalized spacial score (nSPS) is 15.2. The van der Waals surface area contributed by atoms with E-state index >= 15 is 0 Å². The first-order valence-electron chi connectivity index (χ1n) is 16.0. The Balaban J connectivity index is 0.982. The first-order chi connectivity index (χ1) is 21.7. The fourth-order valence-electron chi connectivity index (χ4n) is 6.26. The van der Waals surface area contributed by atoms with Crippen LogP contribution >= 0.6 is 0 Å². The fraction of sp³-hybridized carbons (Fsp3) is 0.405. The van der Waals surface area contributed by atoms with E-state index in [0.29, 0.717) is 36.0 Å². The molecule has 1 aliphatic heterocycles. The molecule has 0 aliphatic carbocycles. The van der Waals surface area contributed by atoms with Crippen LogP contribution in [-0.4, -0.2) is 58.8 Å². The molecule has 0 spiro atoms. The number of amides is 1. The first-order valence-corrected chi connectivity index (χ1v) is 16.0. The van der Waals surface area contributed by atoms with Gasteiger partial charge in [0.2, 0.25) is 11.5 Å². The lowest BCUT2D eigenvalue weighted by molar-refractivity contribution is -0.132. The molecule has 0 saturated carbocycles. The molecule has 2 heterocycles. The maximum absolute atomic E-state index is 13.1. The van der Waals surface area contributed by atoms with Crippen LogP contribution in [0.3, 0.4) is 0 Å². The third-order valence-corrected chi connectivity index (χ3v) is 9.14. The van der Waals surface area contributed by atoms with Gasteiger partial charge in [0.25, 0.3) is 0 Å². The second kappa shape index (κ2) is 14.8. The highest BCUT2D eigenvalue weighted by atomic mass is 16.5. The number of pyridine rings is 1. The third kappa shape index (κ3) is 8.12. The van der Waals surface area contributed by atoms with E-state index in [1.54, 1.807) is 12.1 Å². The molecular weight excluding hydrogens is 566 g/mol. The minimum Gasteiger partial charge on any atom is -0.506 e. The Hall–Kier alpha value is -4.14. The van der Waals surface area contributed by atoms with Gasteiger partial charge in [-0.2, -0.15) is 0 Å². The van der Waals surface area contributed by atoms with Crippen LogP contribution in [-0.2, 0) is 16.6 Å². The van der Waals surface area contributed by atoms with Crippen LogP contribution in [0.25, 0.3) is 10.9 Å². The molecule has 1 aromatic heterocycles. The number of rotatable bonds is 13. The minimum absolute atomic E-state index is 0.0184. The number of H-pyrrole nitrogens is 1. The number of benzene rings is 3. The van der Waals surface area contributed by atoms with E-state index in [9.17, 15) is 19.8 Å². The fourth-order valence-corrected chi connectivity index (χ4v) is 6.26. The van der Waals surface area contributed by atoms with Crippen molar-refractivity contribution in [1.82, 2.24) is 15.2 Å². The van der Waals surface area contributed by atoms with Crippen LogP contribution in [0.1, 0.15) is 67.4 Å². The molecule has 8 heteroatoms. The van der Waals surface area contributed by atoms with E-state index in [0.717, 1.165) is 68.6 Å². The Morgan fingerprint density at radius 3 is 2.56 bits per heavy atom. The van der Waals surface area contributed by atoms with Gasteiger partial charge in [-0.05, 0) is 91.4 Å². The minimum atomic E-state index is -0.765. The zero-order chi connectivity index (χ0) is 31.8. The molecule has 0 radical (unpaired) electrons. The van der Waals surface area contributed by atoms with E-state index in [-0.39, 0.29) is 22.6 Å². The second-order valence-electron chi connectivity index (χ2n) is 12.5. The molecule has 1 aliphatic rings. The Morgan fingerprint density at radius 2 is 1.80 bits per heavy atom. The average molecular weight is 612 g/mol. The Bertz CT molecular complexity index is 1640. The summed E-state index contributed by atoms with van der Waals surface area (Å²) in [5.74, 6) is 1.02. The molecule has 4 N–H and O–H groups in total. The number of aromatic nitrogens is 1. The van der Waals surface area contributed by atoms with Crippen LogP contribution in [0.15, 0.2) is 77.6 Å². The number of piperidine rings is 1. The molecular formula is C37H45N3O5. The molecule has 1 unspecified atom stereocenters. The van der Waals surface area contributed by atoms with Crippen molar-refractivity contribution >= 4 is 16.8 Å². The molecule has 1 fully saturated rings. The highest BCUT2D eigenvalue weighted by Crippen LogP contribution is 2.35. The van der Waals surface area contributed by atoms with Gasteiger partial charge >= 0.3 is 0 Å². The zero-order valence-corrected chi connectivity index (χ0v) is 26.4. The molecule has 4 aromatic rings. The molecule has 45 heavy (non-hydrogen) atoms. The summed E-state index contributed by atoms with van der Waals surface area (Å²) in [7, 11) is 0. The quantitative estimate of drug-likeness (QED) is 0.148. The number of phenols is 1. The Labute approximate surface area is 265 Å². The van der Waals surface area contributed by atoms with Crippen molar-refractivity contribution in [3.63, 3.8) is 0 Å². The summed E-state index contributed by atoms with van der Waals surface area (Å²) in [5.41, 5.74) is 4.23. The smallest absolute Gasteiger partial charge is 0.248 e. The van der Waals surface area contributed by atoms with Crippen molar-refractivity contribution in [2.75, 3.05) is 32.8 Å². The predicted molar refractivity (Wildman–Crippen MR) is 178 cm³/mol. The number of aliphatic hydroxyl groups excluding tert-OH is 1. The Morgan fingerprint density at radius 1 is 1.02 bits per heavy atom. The van der Waals surface area contributed by atoms with Gasteiger partial charge in [-0.1, -0.05) is 55.5 Å². The van der Waals surface area contributed by atoms with Gasteiger partial charge < -0.3 is 30.2 Å². The largest absolute Gasteiger partial charge is 0.506 e. The number of likely N-dealkylation sites (tertiary alicyclic amines) is 1. The Kier molecular flexibility index (Phi) is 10.6. The summed E-state index contributed by atoms with van der Waals surface area (Å²) in [6.07, 6.45) is 4.45. The number of carbonyl (C=O) groups is 1. The van der Waals surface area contributed by atoms with Gasteiger partial charge in [0.05, 0.1) is 24.6 Å². The summed E-state index contributed by atoms with van der Waals surface area (Å²) in [5, 5.41) is 24.7. The number of ether oxygens (including phenoxy) is 1. The highest BCUT2D eigenvalue weighted by Gasteiger charge is 2.33. The second-order valence-corrected chi connectivity index (χ2v) is 12.5. The molecule has 0 bridgehead atoms. The predicted octanol–water partition coefficient (Wildman–Crippen LogP) is 5.54. The molecule has 1 saturated heterocycles. The number of aromatic amines is 1. The van der Waals surface area contributed by atoms with Crippen LogP contribution in [0, 0.1) is 6.92 Å². The summed E-state index contributed by atoms with van der Waals surface area (Å²) >= 11 is 0. The molecule has 5 rings (SSSR count). The lowest BCUT2D eigenvalue weighted by Crippen LogP contribution is -2.44. The van der Waals surface area contributed by atoms with Crippen molar-refractivity contribution in [3.05, 3.63) is 105 Å². The van der Waals surface area contributed by atoms with Gasteiger partial charge in [-0.3, -0.25) is 9.59 Å². The molecule has 1 atom stereocenters. The third-order valence-electron chi connectivity index (χ3n) is 9.14. The number of aromatic hydroxyl groups is 1. The van der Waals surface area contributed by atoms with E-state index < -0.39 is 6.10 Å². The van der Waals surface area contributed by atoms with Crippen molar-refractivity contribution in [2.45, 2.75) is 63.9 Å². The number of carbonyl (C=O) groups excluding carboxylic acids is 1. The number of nitrogens with one attached hydrogen (secondary N) is 2. The van der Waals surface area contributed by atoms with Crippen molar-refractivity contribution in [3.8, 4) is 11.5 Å². The van der Waals surface area contributed by atoms with Gasteiger partial charge in [0.1, 0.15) is 11.5 Å². The maximum atomic E-state index is 13.1. The summed E-state index contributed by atoms with van der Waals surface area (Å²) < 4.78 is 6.04. The van der Waals surface area contributed by atoms with Gasteiger partial charge in [-0.25, -0.2) is 0 Å². The lowest BCUT2D eigenvalue weighted by Gasteiger charge is -2.40. The summed E-state index contributed by atoms with van der Waals surface area (Å²) in [4.78, 5) is 29.3. The standard InChI is InChI=1S/C37H45N3O5/c1-26-23-27(24-35(44)40-20-17-37(2,18-21-40)28-9-5-3-6-10-28)11-15-33(26)45-22-8-4-7-19-38-25-32(42)29-12-14-31(41)36-30(29)13-16-34(43)39-36/h3,5-6,9-16,23,32,38,41-42H,4,7-8,17-22,24-25H2,1-2H3,(H,39,43). The van der Waals surface area contributed by atoms with Gasteiger partial charge in [0, 0.05) is 31.1 Å². The van der Waals surface area contributed by atoms with E-state index in [1.807, 2.05) is 24.0 Å². The van der Waals surface area contributed by atoms with Crippen molar-refractivity contribution < 1.29 is 19.7 Å². The molecule has 8 nitrogen and oxygen atoms in total. The SMILES string of the molecule is Cc1cc(CC(=O)N2CCC(C)(c3ccccc3)CC2)ccc1OCCCCCNCC(O)c1ccc(O)c2[nH]c(=O)ccc12. The monoisotopic (exact) mass is 611 g/mol. The molecule has 3 aromatic carbocycles. The highest BCUT2D eigenvalue weighted by molar-refractivity contribution is 5.87. The van der Waals surface area contributed by atoms with Crippen molar-refractivity contribution in [2.24, 2.45) is 0 Å². The average Bonchev–Trinajstić information content (AvgIpc) is 3.04. The van der Waals surface area contributed by atoms with Crippen LogP contribution < -0.4 is 15.6 Å². The van der Waals surface area contributed by atoms with Crippen LogP contribution in [0.5, 0.6) is 11.5 Å². The molecule has 1 amide bonds.